The van der Waals surface area contributed by atoms with Crippen LogP contribution in [0, 0.1) is 0 Å². The molecule has 0 radical (unpaired) electrons. The van der Waals surface area contributed by atoms with Crippen LogP contribution in [0.5, 0.6) is 5.75 Å². The summed E-state index contributed by atoms with van der Waals surface area (Å²) in [7, 11) is -3.30. The van der Waals surface area contributed by atoms with Crippen LogP contribution in [-0.2, 0) is 16.4 Å². The average molecular weight is 374 g/mol. The van der Waals surface area contributed by atoms with Gasteiger partial charge in [0.15, 0.2) is 5.78 Å². The van der Waals surface area contributed by atoms with Crippen LogP contribution >= 0.6 is 0 Å². The second-order valence-electron chi connectivity index (χ2n) is 6.25. The molecule has 0 aromatic heterocycles. The highest BCUT2D eigenvalue weighted by Gasteiger charge is 2.26. The second kappa shape index (κ2) is 6.99. The predicted molar refractivity (Wildman–Crippen MR) is 103 cm³/mol. The van der Waals surface area contributed by atoms with E-state index in [0.29, 0.717) is 42.3 Å². The van der Waals surface area contributed by atoms with E-state index in [1.54, 1.807) is 18.2 Å². The maximum absolute atomic E-state index is 12.0. The van der Waals surface area contributed by atoms with Gasteiger partial charge in [-0.2, -0.15) is 0 Å². The number of carbonyl (C=O) groups excluding carboxylic acids is 1. The molecule has 2 aromatic carbocycles. The van der Waals surface area contributed by atoms with Gasteiger partial charge < -0.3 is 10.1 Å². The molecule has 7 heteroatoms. The monoisotopic (exact) mass is 374 g/mol. The lowest BCUT2D eigenvalue weighted by Crippen LogP contribution is -2.27. The van der Waals surface area contributed by atoms with Gasteiger partial charge in [0.1, 0.15) is 5.75 Å². The maximum atomic E-state index is 12.0. The highest BCUT2D eigenvalue weighted by Crippen LogP contribution is 2.35. The predicted octanol–water partition coefficient (Wildman–Crippen LogP) is 3.35. The van der Waals surface area contributed by atoms with Crippen molar-refractivity contribution in [2.45, 2.75) is 20.3 Å². The number of anilines is 3. The van der Waals surface area contributed by atoms with E-state index >= 15 is 0 Å². The fourth-order valence-electron chi connectivity index (χ4n) is 3.06. The normalized spacial score (nSPS) is 13.4. The minimum atomic E-state index is -3.30. The molecule has 1 N–H and O–H groups in total. The van der Waals surface area contributed by atoms with E-state index in [4.69, 9.17) is 4.74 Å². The lowest BCUT2D eigenvalue weighted by atomic mass is 10.1. The number of benzene rings is 2. The number of hydrogen-bond acceptors (Lipinski definition) is 5. The molecule has 26 heavy (non-hydrogen) atoms. The minimum Gasteiger partial charge on any atom is -0.492 e. The van der Waals surface area contributed by atoms with Crippen LogP contribution in [0.1, 0.15) is 29.8 Å². The van der Waals surface area contributed by atoms with Crippen LogP contribution in [-0.4, -0.2) is 33.6 Å². The molecule has 6 nitrogen and oxygen atoms in total. The largest absolute Gasteiger partial charge is 0.492 e. The van der Waals surface area contributed by atoms with Gasteiger partial charge in [-0.05, 0) is 56.2 Å². The van der Waals surface area contributed by atoms with Crippen molar-refractivity contribution in [2.24, 2.45) is 0 Å². The van der Waals surface area contributed by atoms with Crippen molar-refractivity contribution in [3.8, 4) is 5.75 Å². The molecule has 0 atom stereocenters. The topological polar surface area (TPSA) is 75.7 Å². The first-order chi connectivity index (χ1) is 12.3. The van der Waals surface area contributed by atoms with E-state index in [-0.39, 0.29) is 5.78 Å². The van der Waals surface area contributed by atoms with Gasteiger partial charge in [0.2, 0.25) is 10.0 Å². The molecule has 0 unspecified atom stereocenters. The highest BCUT2D eigenvalue weighted by molar-refractivity contribution is 7.92. The number of nitrogens with zero attached hydrogens (tertiary/aromatic N) is 1. The summed E-state index contributed by atoms with van der Waals surface area (Å²) in [5.74, 6) is 0.603. The zero-order valence-electron chi connectivity index (χ0n) is 15.1. The maximum Gasteiger partial charge on any atom is 0.232 e. The molecule has 1 aliphatic heterocycles. The molecule has 0 amide bonds. The molecular formula is C19H22N2O4S. The highest BCUT2D eigenvalue weighted by atomic mass is 32.2. The fourth-order valence-corrected chi connectivity index (χ4v) is 4.01. The third-order valence-corrected chi connectivity index (χ3v) is 5.48. The first-order valence-corrected chi connectivity index (χ1v) is 10.3. The molecular weight excluding hydrogens is 352 g/mol. The smallest absolute Gasteiger partial charge is 0.232 e. The van der Waals surface area contributed by atoms with E-state index in [2.05, 4.69) is 5.32 Å². The molecule has 138 valence electrons. The first kappa shape index (κ1) is 18.3. The number of hydrogen-bond donors (Lipinski definition) is 1. The fraction of sp³-hybridized carbons (Fsp3) is 0.316. The Labute approximate surface area is 153 Å². The molecule has 0 fully saturated rings. The first-order valence-electron chi connectivity index (χ1n) is 8.45. The van der Waals surface area contributed by atoms with Crippen LogP contribution in [0.25, 0.3) is 0 Å². The Morgan fingerprint density at radius 2 is 2.00 bits per heavy atom. The molecule has 0 aliphatic carbocycles. The Balaban J connectivity index is 1.97. The summed E-state index contributed by atoms with van der Waals surface area (Å²) in [6, 6.07) is 10.9. The minimum absolute atomic E-state index is 0.0340. The van der Waals surface area contributed by atoms with E-state index in [0.717, 1.165) is 11.3 Å². The molecule has 1 heterocycles. The third kappa shape index (κ3) is 3.67. The quantitative estimate of drug-likeness (QED) is 0.785. The summed E-state index contributed by atoms with van der Waals surface area (Å²) in [5, 5.41) is 3.26. The third-order valence-electron chi connectivity index (χ3n) is 4.30. The van der Waals surface area contributed by atoms with Gasteiger partial charge in [0.25, 0.3) is 0 Å². The average Bonchev–Trinajstić information content (AvgIpc) is 3.00. The summed E-state index contributed by atoms with van der Waals surface area (Å²) in [6.45, 7) is 4.36. The summed E-state index contributed by atoms with van der Waals surface area (Å²) < 4.78 is 31.0. The van der Waals surface area contributed by atoms with Crippen LogP contribution in [0.4, 0.5) is 17.1 Å². The van der Waals surface area contributed by atoms with Crippen molar-refractivity contribution in [3.05, 3.63) is 47.5 Å². The van der Waals surface area contributed by atoms with Crippen LogP contribution in [0.3, 0.4) is 0 Å². The summed E-state index contributed by atoms with van der Waals surface area (Å²) >= 11 is 0. The van der Waals surface area contributed by atoms with Crippen LogP contribution in [0.2, 0.25) is 0 Å². The van der Waals surface area contributed by atoms with E-state index in [1.165, 1.54) is 17.5 Å². The lowest BCUT2D eigenvalue weighted by Gasteiger charge is -2.18. The Morgan fingerprint density at radius 3 is 2.65 bits per heavy atom. The standard InChI is InChI=1S/C19H22N2O4S/c1-4-25-19-8-6-15(13(2)22)11-17(19)20-16-7-5-14-9-10-21(18(14)12-16)26(3,23)24/h5-8,11-12,20H,4,9-10H2,1-3H3. The molecule has 2 aromatic rings. The van der Waals surface area contributed by atoms with Gasteiger partial charge in [0.05, 0.1) is 24.2 Å². The number of fused-ring (bicyclic) bond motifs is 1. The zero-order chi connectivity index (χ0) is 18.9. The number of Topliss-reactive ketones (excluding diaryl/α,β-unsaturated/α-hetero) is 1. The number of carbonyl (C=O) groups is 1. The number of ether oxygens (including phenoxy) is 1. The van der Waals surface area contributed by atoms with Crippen molar-refractivity contribution >= 4 is 32.9 Å². The SMILES string of the molecule is CCOc1ccc(C(C)=O)cc1Nc1ccc2c(c1)N(S(C)(=O)=O)CC2. The van der Waals surface area contributed by atoms with E-state index in [1.807, 2.05) is 25.1 Å². The Morgan fingerprint density at radius 1 is 1.23 bits per heavy atom. The zero-order valence-corrected chi connectivity index (χ0v) is 15.9. The van der Waals surface area contributed by atoms with E-state index < -0.39 is 10.0 Å². The van der Waals surface area contributed by atoms with Crippen molar-refractivity contribution in [3.63, 3.8) is 0 Å². The molecule has 3 rings (SSSR count). The van der Waals surface area contributed by atoms with Gasteiger partial charge in [0, 0.05) is 17.8 Å². The van der Waals surface area contributed by atoms with Crippen LogP contribution < -0.4 is 14.4 Å². The molecule has 1 aliphatic rings. The summed E-state index contributed by atoms with van der Waals surface area (Å²) in [5.41, 5.74) is 3.68. The summed E-state index contributed by atoms with van der Waals surface area (Å²) in [6.07, 6.45) is 1.92. The van der Waals surface area contributed by atoms with Crippen molar-refractivity contribution in [1.82, 2.24) is 0 Å². The Bertz CT molecular complexity index is 954. The molecule has 0 saturated heterocycles. The molecule has 0 saturated carbocycles. The molecule has 0 bridgehead atoms. The lowest BCUT2D eigenvalue weighted by molar-refractivity contribution is 0.101. The van der Waals surface area contributed by atoms with Gasteiger partial charge in [-0.15, -0.1) is 0 Å². The van der Waals surface area contributed by atoms with E-state index in [9.17, 15) is 13.2 Å². The molecule has 0 spiro atoms. The van der Waals surface area contributed by atoms with Gasteiger partial charge in [-0.1, -0.05) is 6.07 Å². The van der Waals surface area contributed by atoms with Crippen molar-refractivity contribution in [2.75, 3.05) is 29.0 Å². The van der Waals surface area contributed by atoms with Crippen molar-refractivity contribution in [1.29, 1.82) is 0 Å². The number of rotatable bonds is 6. The van der Waals surface area contributed by atoms with Gasteiger partial charge in [-0.25, -0.2) is 8.42 Å². The summed E-state index contributed by atoms with van der Waals surface area (Å²) in [4.78, 5) is 11.7. The van der Waals surface area contributed by atoms with Crippen LogP contribution in [0.15, 0.2) is 36.4 Å². The van der Waals surface area contributed by atoms with Gasteiger partial charge >= 0.3 is 0 Å². The number of nitrogens with one attached hydrogen (secondary N) is 1. The Kier molecular flexibility index (Phi) is 4.91. The number of sulfonamides is 1. The second-order valence-corrected chi connectivity index (χ2v) is 8.16. The number of ketones is 1. The van der Waals surface area contributed by atoms with Crippen molar-refractivity contribution < 1.29 is 17.9 Å². The van der Waals surface area contributed by atoms with Gasteiger partial charge in [-0.3, -0.25) is 9.10 Å². The Hall–Kier alpha value is -2.54.